The highest BCUT2D eigenvalue weighted by Gasteiger charge is 2.16. The van der Waals surface area contributed by atoms with Crippen LogP contribution in [0.25, 0.3) is 0 Å². The van der Waals surface area contributed by atoms with Gasteiger partial charge in [0.2, 0.25) is 0 Å². The van der Waals surface area contributed by atoms with Crippen molar-refractivity contribution in [2.45, 2.75) is 19.8 Å². The number of rotatable bonds is 6. The van der Waals surface area contributed by atoms with Crippen LogP contribution in [0, 0.1) is 0 Å². The van der Waals surface area contributed by atoms with Crippen LogP contribution in [0.15, 0.2) is 30.3 Å². The molecule has 1 heterocycles. The van der Waals surface area contributed by atoms with Gasteiger partial charge in [-0.05, 0) is 18.6 Å². The van der Waals surface area contributed by atoms with E-state index in [1.165, 1.54) is 10.7 Å². The van der Waals surface area contributed by atoms with Crippen molar-refractivity contribution in [1.29, 1.82) is 0 Å². The van der Waals surface area contributed by atoms with E-state index < -0.39 is 0 Å². The largest absolute Gasteiger partial charge is 0.351 e. The average Bonchev–Trinajstić information content (AvgIpc) is 2.89. The van der Waals surface area contributed by atoms with Crippen LogP contribution in [-0.2, 0) is 7.05 Å². The molecule has 0 unspecified atom stereocenters. The molecular formula is C16H19ClN4O2. The zero-order valence-corrected chi connectivity index (χ0v) is 13.9. The first-order valence-corrected chi connectivity index (χ1v) is 7.78. The molecule has 122 valence electrons. The van der Waals surface area contributed by atoms with Gasteiger partial charge >= 0.3 is 0 Å². The van der Waals surface area contributed by atoms with Crippen molar-refractivity contribution >= 4 is 29.2 Å². The van der Waals surface area contributed by atoms with Crippen molar-refractivity contribution in [1.82, 2.24) is 15.1 Å². The highest BCUT2D eigenvalue weighted by Crippen LogP contribution is 2.17. The van der Waals surface area contributed by atoms with Crippen LogP contribution in [0.5, 0.6) is 0 Å². The minimum atomic E-state index is -0.350. The van der Waals surface area contributed by atoms with Crippen molar-refractivity contribution in [3.63, 3.8) is 0 Å². The van der Waals surface area contributed by atoms with Crippen LogP contribution < -0.4 is 10.6 Å². The first-order chi connectivity index (χ1) is 11.0. The molecule has 0 bridgehead atoms. The Kier molecular flexibility index (Phi) is 5.76. The highest BCUT2D eigenvalue weighted by molar-refractivity contribution is 6.34. The van der Waals surface area contributed by atoms with E-state index in [1.807, 2.05) is 0 Å². The van der Waals surface area contributed by atoms with Gasteiger partial charge in [-0.15, -0.1) is 0 Å². The van der Waals surface area contributed by atoms with Gasteiger partial charge in [-0.25, -0.2) is 0 Å². The molecular weight excluding hydrogens is 316 g/mol. The van der Waals surface area contributed by atoms with Gasteiger partial charge in [-0.1, -0.05) is 37.1 Å². The molecule has 1 aromatic heterocycles. The molecule has 2 amide bonds. The molecule has 2 aromatic rings. The van der Waals surface area contributed by atoms with Gasteiger partial charge in [0.25, 0.3) is 11.8 Å². The van der Waals surface area contributed by atoms with Crippen molar-refractivity contribution < 1.29 is 9.59 Å². The predicted octanol–water partition coefficient (Wildman–Crippen LogP) is 2.86. The van der Waals surface area contributed by atoms with E-state index in [1.54, 1.807) is 31.3 Å². The van der Waals surface area contributed by atoms with Crippen LogP contribution >= 0.6 is 11.6 Å². The van der Waals surface area contributed by atoms with E-state index in [9.17, 15) is 9.59 Å². The van der Waals surface area contributed by atoms with Crippen molar-refractivity contribution in [3.8, 4) is 0 Å². The molecule has 2 rings (SSSR count). The van der Waals surface area contributed by atoms with Gasteiger partial charge in [-0.2, -0.15) is 5.10 Å². The quantitative estimate of drug-likeness (QED) is 0.797. The molecule has 0 aliphatic rings. The summed E-state index contributed by atoms with van der Waals surface area (Å²) >= 11 is 6.00. The Morgan fingerprint density at radius 3 is 2.70 bits per heavy atom. The molecule has 0 aliphatic heterocycles. The number of hydrogen-bond acceptors (Lipinski definition) is 3. The average molecular weight is 335 g/mol. The maximum Gasteiger partial charge on any atom is 0.271 e. The van der Waals surface area contributed by atoms with Crippen LogP contribution in [0.4, 0.5) is 5.82 Å². The third-order valence-electron chi connectivity index (χ3n) is 3.29. The fourth-order valence-electron chi connectivity index (χ4n) is 1.99. The molecule has 7 heteroatoms. The summed E-state index contributed by atoms with van der Waals surface area (Å²) < 4.78 is 1.45. The summed E-state index contributed by atoms with van der Waals surface area (Å²) in [4.78, 5) is 24.2. The summed E-state index contributed by atoms with van der Waals surface area (Å²) in [6, 6.07) is 8.30. The maximum absolute atomic E-state index is 12.2. The molecule has 0 fully saturated rings. The third kappa shape index (κ3) is 4.32. The van der Waals surface area contributed by atoms with Gasteiger partial charge in [0.15, 0.2) is 5.69 Å². The SMILES string of the molecule is CCCCNC(=O)c1cc(NC(=O)c2ccccc2Cl)n(C)n1. The molecule has 6 nitrogen and oxygen atoms in total. The van der Waals surface area contributed by atoms with E-state index in [-0.39, 0.29) is 17.5 Å². The Labute approximate surface area is 139 Å². The smallest absolute Gasteiger partial charge is 0.271 e. The van der Waals surface area contributed by atoms with E-state index >= 15 is 0 Å². The Hall–Kier alpha value is -2.34. The molecule has 2 N–H and O–H groups in total. The van der Waals surface area contributed by atoms with E-state index in [2.05, 4.69) is 22.7 Å². The Balaban J connectivity index is 2.08. The fourth-order valence-corrected chi connectivity index (χ4v) is 2.22. The second-order valence-electron chi connectivity index (χ2n) is 5.08. The van der Waals surface area contributed by atoms with Crippen LogP contribution in [-0.4, -0.2) is 28.1 Å². The molecule has 1 aromatic carbocycles. The summed E-state index contributed by atoms with van der Waals surface area (Å²) in [6.07, 6.45) is 1.91. The number of aryl methyl sites for hydroxylation is 1. The summed E-state index contributed by atoms with van der Waals surface area (Å²) in [5.74, 6) is -0.181. The fraction of sp³-hybridized carbons (Fsp3) is 0.312. The van der Waals surface area contributed by atoms with E-state index in [4.69, 9.17) is 11.6 Å². The third-order valence-corrected chi connectivity index (χ3v) is 3.62. The first-order valence-electron chi connectivity index (χ1n) is 7.41. The zero-order valence-electron chi connectivity index (χ0n) is 13.1. The summed E-state index contributed by atoms with van der Waals surface area (Å²) in [7, 11) is 1.66. The van der Waals surface area contributed by atoms with E-state index in [0.29, 0.717) is 22.9 Å². The van der Waals surface area contributed by atoms with E-state index in [0.717, 1.165) is 12.8 Å². The lowest BCUT2D eigenvalue weighted by molar-refractivity contribution is 0.0946. The number of nitrogens with zero attached hydrogens (tertiary/aromatic N) is 2. The van der Waals surface area contributed by atoms with Gasteiger partial charge in [-0.3, -0.25) is 14.3 Å². The summed E-state index contributed by atoms with van der Waals surface area (Å²) in [5.41, 5.74) is 0.627. The summed E-state index contributed by atoms with van der Waals surface area (Å²) in [5, 5.41) is 9.97. The normalized spacial score (nSPS) is 10.4. The molecule has 0 aliphatic carbocycles. The number of unbranched alkanes of at least 4 members (excludes halogenated alkanes) is 1. The van der Waals surface area contributed by atoms with Gasteiger partial charge in [0, 0.05) is 19.7 Å². The second-order valence-corrected chi connectivity index (χ2v) is 5.49. The molecule has 0 saturated heterocycles. The van der Waals surface area contributed by atoms with Crippen molar-refractivity contribution in [3.05, 3.63) is 46.6 Å². The predicted molar refractivity (Wildman–Crippen MR) is 89.9 cm³/mol. The standard InChI is InChI=1S/C16H19ClN4O2/c1-3-4-9-18-16(23)13-10-14(21(2)20-13)19-15(22)11-7-5-6-8-12(11)17/h5-8,10H,3-4,9H2,1-2H3,(H,18,23)(H,19,22). The maximum atomic E-state index is 12.2. The topological polar surface area (TPSA) is 76.0 Å². The van der Waals surface area contributed by atoms with Crippen molar-refractivity contribution in [2.24, 2.45) is 7.05 Å². The first kappa shape index (κ1) is 17.0. The minimum absolute atomic E-state index is 0.257. The van der Waals surface area contributed by atoms with Crippen LogP contribution in [0.2, 0.25) is 5.02 Å². The molecule has 23 heavy (non-hydrogen) atoms. The Bertz CT molecular complexity index is 712. The van der Waals surface area contributed by atoms with Gasteiger partial charge in [0.05, 0.1) is 10.6 Å². The lowest BCUT2D eigenvalue weighted by atomic mass is 10.2. The minimum Gasteiger partial charge on any atom is -0.351 e. The number of carbonyl (C=O) groups excluding carboxylic acids is 2. The van der Waals surface area contributed by atoms with Crippen LogP contribution in [0.1, 0.15) is 40.6 Å². The highest BCUT2D eigenvalue weighted by atomic mass is 35.5. The van der Waals surface area contributed by atoms with Gasteiger partial charge in [0.1, 0.15) is 5.82 Å². The molecule has 0 spiro atoms. The zero-order chi connectivity index (χ0) is 16.8. The monoisotopic (exact) mass is 334 g/mol. The Morgan fingerprint density at radius 2 is 2.00 bits per heavy atom. The number of halogens is 1. The summed E-state index contributed by atoms with van der Waals surface area (Å²) in [6.45, 7) is 2.66. The lowest BCUT2D eigenvalue weighted by Crippen LogP contribution is -2.24. The number of amides is 2. The number of nitrogens with one attached hydrogen (secondary N) is 2. The number of carbonyl (C=O) groups is 2. The van der Waals surface area contributed by atoms with Crippen LogP contribution in [0.3, 0.4) is 0 Å². The number of benzene rings is 1. The van der Waals surface area contributed by atoms with Gasteiger partial charge < -0.3 is 10.6 Å². The number of aromatic nitrogens is 2. The Morgan fingerprint density at radius 1 is 1.26 bits per heavy atom. The van der Waals surface area contributed by atoms with Crippen molar-refractivity contribution in [2.75, 3.05) is 11.9 Å². The molecule has 0 atom stereocenters. The molecule has 0 saturated carbocycles. The lowest BCUT2D eigenvalue weighted by Gasteiger charge is -2.06. The number of hydrogen-bond donors (Lipinski definition) is 2. The second kappa shape index (κ2) is 7.78. The molecule has 0 radical (unpaired) electrons. The number of anilines is 1.